The summed E-state index contributed by atoms with van der Waals surface area (Å²) in [6.45, 7) is 0. The zero-order valence-corrected chi connectivity index (χ0v) is 31.9. The van der Waals surface area contributed by atoms with Crippen molar-refractivity contribution in [2.45, 2.75) is 0 Å². The van der Waals surface area contributed by atoms with Crippen LogP contribution in [0.5, 0.6) is 0 Å². The highest BCUT2D eigenvalue weighted by Gasteiger charge is 2.19. The molecule has 0 aliphatic rings. The van der Waals surface area contributed by atoms with Crippen molar-refractivity contribution in [1.29, 1.82) is 0 Å². The average Bonchev–Trinajstić information content (AvgIpc) is 3.87. The van der Waals surface area contributed by atoms with Gasteiger partial charge in [0.15, 0.2) is 5.82 Å². The van der Waals surface area contributed by atoms with E-state index in [1.807, 2.05) is 18.2 Å². The Hall–Kier alpha value is -7.47. The summed E-state index contributed by atoms with van der Waals surface area (Å²) in [7, 11) is 0. The van der Waals surface area contributed by atoms with Gasteiger partial charge in [0.1, 0.15) is 16.0 Å². The van der Waals surface area contributed by atoms with Gasteiger partial charge >= 0.3 is 0 Å². The number of nitrogens with zero attached hydrogens (tertiary/aromatic N) is 3. The summed E-state index contributed by atoms with van der Waals surface area (Å²) in [6, 6.07) is 65.9. The molecular formula is C53H31N3OS. The molecule has 0 spiro atoms. The number of fused-ring (bicyclic) bond motifs is 9. The molecule has 0 radical (unpaired) electrons. The summed E-state index contributed by atoms with van der Waals surface area (Å²) in [4.78, 5) is 16.8. The van der Waals surface area contributed by atoms with Gasteiger partial charge in [0.2, 0.25) is 0 Å². The van der Waals surface area contributed by atoms with Crippen LogP contribution in [0.1, 0.15) is 0 Å². The second-order valence-electron chi connectivity index (χ2n) is 14.7. The van der Waals surface area contributed by atoms with Gasteiger partial charge in [-0.3, -0.25) is 0 Å². The number of rotatable bonds is 5. The second kappa shape index (κ2) is 13.1. The van der Waals surface area contributed by atoms with Crippen LogP contribution in [0.4, 0.5) is 0 Å². The summed E-state index contributed by atoms with van der Waals surface area (Å²) in [6.07, 6.45) is 0. The van der Waals surface area contributed by atoms with E-state index in [0.717, 1.165) is 93.4 Å². The molecule has 0 amide bonds. The average molecular weight is 758 g/mol. The number of pyridine rings is 1. The molecule has 58 heavy (non-hydrogen) atoms. The van der Waals surface area contributed by atoms with Crippen molar-refractivity contribution in [3.8, 4) is 56.3 Å². The zero-order valence-electron chi connectivity index (χ0n) is 31.1. The third-order valence-corrected chi connectivity index (χ3v) is 12.4. The molecule has 5 heteroatoms. The predicted molar refractivity (Wildman–Crippen MR) is 242 cm³/mol. The van der Waals surface area contributed by atoms with Crippen molar-refractivity contribution in [1.82, 2.24) is 15.0 Å². The SMILES string of the molecule is c1ccc(-c2cc(-c3ccc(-c4cccc5c4oc4ccccc45)c4ccccc34)nc(-c3ccc(-c4nc5sc6ccccc6c5c5ccccc45)cc3)n2)cc1. The Morgan fingerprint density at radius 2 is 1.00 bits per heavy atom. The summed E-state index contributed by atoms with van der Waals surface area (Å²) >= 11 is 1.75. The fourth-order valence-electron chi connectivity index (χ4n) is 8.63. The number of hydrogen-bond acceptors (Lipinski definition) is 5. The number of aromatic nitrogens is 3. The lowest BCUT2D eigenvalue weighted by Gasteiger charge is -2.14. The molecule has 0 unspecified atom stereocenters. The Kier molecular flexibility index (Phi) is 7.37. The van der Waals surface area contributed by atoms with Crippen LogP contribution in [-0.4, -0.2) is 15.0 Å². The maximum atomic E-state index is 6.50. The maximum absolute atomic E-state index is 6.50. The third-order valence-electron chi connectivity index (χ3n) is 11.3. The van der Waals surface area contributed by atoms with E-state index in [2.05, 4.69) is 170 Å². The minimum Gasteiger partial charge on any atom is -0.455 e. The van der Waals surface area contributed by atoms with Crippen molar-refractivity contribution >= 4 is 75.1 Å². The topological polar surface area (TPSA) is 51.8 Å². The van der Waals surface area contributed by atoms with Crippen LogP contribution in [0.15, 0.2) is 192 Å². The highest BCUT2D eigenvalue weighted by Crippen LogP contribution is 2.43. The molecular weight excluding hydrogens is 727 g/mol. The molecule has 0 aliphatic carbocycles. The molecule has 12 rings (SSSR count). The molecule has 0 saturated carbocycles. The van der Waals surface area contributed by atoms with Gasteiger partial charge in [0.25, 0.3) is 0 Å². The first-order chi connectivity index (χ1) is 28.7. The molecule has 4 nitrogen and oxygen atoms in total. The molecule has 0 N–H and O–H groups in total. The Bertz CT molecular complexity index is 3570. The van der Waals surface area contributed by atoms with E-state index in [1.54, 1.807) is 11.3 Å². The van der Waals surface area contributed by atoms with Crippen LogP contribution in [0.25, 0.3) is 120 Å². The lowest BCUT2D eigenvalue weighted by atomic mass is 9.92. The van der Waals surface area contributed by atoms with Gasteiger partial charge < -0.3 is 4.42 Å². The molecule has 0 aliphatic heterocycles. The number of para-hydroxylation sites is 2. The third kappa shape index (κ3) is 5.18. The van der Waals surface area contributed by atoms with Gasteiger partial charge in [-0.15, -0.1) is 11.3 Å². The molecule has 8 aromatic carbocycles. The van der Waals surface area contributed by atoms with Crippen LogP contribution in [0, 0.1) is 0 Å². The zero-order chi connectivity index (χ0) is 38.2. The van der Waals surface area contributed by atoms with Crippen molar-refractivity contribution in [2.75, 3.05) is 0 Å². The minimum atomic E-state index is 0.667. The van der Waals surface area contributed by atoms with E-state index in [9.17, 15) is 0 Å². The summed E-state index contributed by atoms with van der Waals surface area (Å²) < 4.78 is 7.75. The Balaban J connectivity index is 1.00. The second-order valence-corrected chi connectivity index (χ2v) is 15.7. The maximum Gasteiger partial charge on any atom is 0.160 e. The van der Waals surface area contributed by atoms with E-state index in [0.29, 0.717) is 5.82 Å². The normalized spacial score (nSPS) is 11.8. The first-order valence-electron chi connectivity index (χ1n) is 19.4. The van der Waals surface area contributed by atoms with Crippen LogP contribution < -0.4 is 0 Å². The molecule has 270 valence electrons. The number of furan rings is 1. The number of benzene rings is 8. The van der Waals surface area contributed by atoms with Gasteiger partial charge in [0, 0.05) is 59.4 Å². The minimum absolute atomic E-state index is 0.667. The quantitative estimate of drug-likeness (QED) is 0.175. The number of hydrogen-bond donors (Lipinski definition) is 0. The Labute approximate surface area is 337 Å². The fraction of sp³-hybridized carbons (Fsp3) is 0. The standard InChI is InChI=1S/C53H31N3OS/c1-2-13-32(14-3-1)45-31-46(38-30-29-37(35-15-4-5-16-36(35)38)42-21-12-22-43-39-17-8-10-23-47(39)57-51(42)43)55-52(54-45)34-27-25-33(26-28-34)50-41-19-7-6-18-40(41)49-44-20-9-11-24-48(44)58-53(49)56-50/h1-31H. The smallest absolute Gasteiger partial charge is 0.160 e. The molecule has 4 aromatic heterocycles. The van der Waals surface area contributed by atoms with Gasteiger partial charge in [-0.05, 0) is 39.9 Å². The van der Waals surface area contributed by atoms with Crippen molar-refractivity contribution in [3.63, 3.8) is 0 Å². The molecule has 4 heterocycles. The molecule has 0 saturated heterocycles. The lowest BCUT2D eigenvalue weighted by Crippen LogP contribution is -1.97. The summed E-state index contributed by atoms with van der Waals surface area (Å²) in [5.74, 6) is 0.667. The van der Waals surface area contributed by atoms with Gasteiger partial charge in [0.05, 0.1) is 17.1 Å². The highest BCUT2D eigenvalue weighted by molar-refractivity contribution is 7.25. The van der Waals surface area contributed by atoms with Crippen molar-refractivity contribution in [3.05, 3.63) is 188 Å². The fourth-order valence-corrected chi connectivity index (χ4v) is 9.72. The molecule has 0 fully saturated rings. The van der Waals surface area contributed by atoms with Gasteiger partial charge in [-0.1, -0.05) is 170 Å². The summed E-state index contributed by atoms with van der Waals surface area (Å²) in [5.41, 5.74) is 10.8. The van der Waals surface area contributed by atoms with Crippen LogP contribution in [-0.2, 0) is 0 Å². The van der Waals surface area contributed by atoms with Crippen LogP contribution >= 0.6 is 11.3 Å². The Morgan fingerprint density at radius 3 is 1.83 bits per heavy atom. The number of thiophene rings is 1. The van der Waals surface area contributed by atoms with E-state index >= 15 is 0 Å². The van der Waals surface area contributed by atoms with Crippen LogP contribution in [0.3, 0.4) is 0 Å². The largest absolute Gasteiger partial charge is 0.455 e. The van der Waals surface area contributed by atoms with Crippen molar-refractivity contribution < 1.29 is 4.42 Å². The van der Waals surface area contributed by atoms with Gasteiger partial charge in [-0.2, -0.15) is 0 Å². The monoisotopic (exact) mass is 757 g/mol. The van der Waals surface area contributed by atoms with E-state index in [-0.39, 0.29) is 0 Å². The summed E-state index contributed by atoms with van der Waals surface area (Å²) in [5, 5.41) is 9.33. The first-order valence-corrected chi connectivity index (χ1v) is 20.2. The Morgan fingerprint density at radius 1 is 0.379 bits per heavy atom. The van der Waals surface area contributed by atoms with E-state index in [4.69, 9.17) is 19.4 Å². The van der Waals surface area contributed by atoms with Crippen molar-refractivity contribution in [2.24, 2.45) is 0 Å². The lowest BCUT2D eigenvalue weighted by molar-refractivity contribution is 0.670. The highest BCUT2D eigenvalue weighted by atomic mass is 32.1. The van der Waals surface area contributed by atoms with E-state index in [1.165, 1.54) is 20.9 Å². The molecule has 0 bridgehead atoms. The first kappa shape index (κ1) is 32.7. The molecule has 12 aromatic rings. The van der Waals surface area contributed by atoms with Gasteiger partial charge in [-0.25, -0.2) is 15.0 Å². The van der Waals surface area contributed by atoms with E-state index < -0.39 is 0 Å². The van der Waals surface area contributed by atoms with Crippen LogP contribution in [0.2, 0.25) is 0 Å². The predicted octanol–water partition coefficient (Wildman–Crippen LogP) is 14.8. The molecule has 0 atom stereocenters.